The molecule has 9 aromatic heterocycles. The highest BCUT2D eigenvalue weighted by Crippen LogP contribution is 2.47. The third-order valence-corrected chi connectivity index (χ3v) is 28.3. The van der Waals surface area contributed by atoms with E-state index in [1.165, 1.54) is 85.9 Å². The third kappa shape index (κ3) is 24.4. The molecule has 3 saturated heterocycles. The summed E-state index contributed by atoms with van der Waals surface area (Å²) in [6.07, 6.45) is 20.2. The number of thiazole rings is 5. The lowest BCUT2D eigenvalue weighted by Gasteiger charge is -2.32. The van der Waals surface area contributed by atoms with E-state index in [0.29, 0.717) is 80.6 Å². The predicted octanol–water partition coefficient (Wildman–Crippen LogP) is 19.1. The number of nitrogen functional groups attached to an aromatic ring is 1. The molecule has 19 rings (SSSR count). The number of carbonyl (C=O) groups is 8. The molecule has 131 heavy (non-hydrogen) atoms. The zero-order valence-electron chi connectivity index (χ0n) is 73.1. The maximum absolute atomic E-state index is 13.7. The number of hydrogen-bond acceptors (Lipinski definition) is 26. The largest absolute Gasteiger partial charge is 0.512 e. The molecule has 0 atom stereocenters. The number of carboxylic acids is 3. The number of aromatic carboxylic acids is 3. The van der Waals surface area contributed by atoms with E-state index >= 15 is 0 Å². The average molecular weight is 2000 g/mol. The molecule has 5 N–H and O–H groups in total. The highest BCUT2D eigenvalue weighted by molar-refractivity contribution is 9.10. The van der Waals surface area contributed by atoms with Crippen molar-refractivity contribution < 1.29 is 77.3 Å². The van der Waals surface area contributed by atoms with Gasteiger partial charge < -0.3 is 58.8 Å². The molecule has 0 unspecified atom stereocenters. The molecule has 2 aliphatic carbocycles. The number of pyridine rings is 2. The molecule has 5 aromatic carbocycles. The van der Waals surface area contributed by atoms with E-state index in [2.05, 4.69) is 96.7 Å². The summed E-state index contributed by atoms with van der Waals surface area (Å²) in [5, 5.41) is 33.2. The van der Waals surface area contributed by atoms with Crippen LogP contribution in [0.15, 0.2) is 183 Å². The van der Waals surface area contributed by atoms with Crippen molar-refractivity contribution in [1.29, 1.82) is 0 Å². The Hall–Kier alpha value is -11.1. The lowest BCUT2D eigenvalue weighted by molar-refractivity contribution is -0.136. The van der Waals surface area contributed by atoms with Gasteiger partial charge in [-0.15, -0.1) is 56.7 Å². The first-order valence-electron chi connectivity index (χ1n) is 42.4. The summed E-state index contributed by atoms with van der Waals surface area (Å²) in [6, 6.07) is 36.5. The number of anilines is 1. The quantitative estimate of drug-likeness (QED) is 0.0216. The second-order valence-corrected chi connectivity index (χ2v) is 38.5. The van der Waals surface area contributed by atoms with Gasteiger partial charge in [-0.1, -0.05) is 101 Å². The molecule has 2 saturated carbocycles. The summed E-state index contributed by atoms with van der Waals surface area (Å²) in [4.78, 5) is 134. The monoisotopic (exact) mass is 1990 g/mol. The van der Waals surface area contributed by atoms with E-state index in [-0.39, 0.29) is 52.6 Å². The number of rotatable bonds is 17. The molecule has 682 valence electrons. The van der Waals surface area contributed by atoms with Gasteiger partial charge in [-0.3, -0.25) is 53.7 Å². The minimum atomic E-state index is -0.986. The number of nitrogens with zero attached hydrogens (tertiary/aromatic N) is 12. The maximum atomic E-state index is 13.7. The van der Waals surface area contributed by atoms with E-state index in [1.807, 2.05) is 108 Å². The van der Waals surface area contributed by atoms with Gasteiger partial charge in [0.15, 0.2) is 12.1 Å². The Morgan fingerprint density at radius 2 is 0.985 bits per heavy atom. The van der Waals surface area contributed by atoms with Crippen molar-refractivity contribution in [2.75, 3.05) is 72.5 Å². The van der Waals surface area contributed by atoms with Crippen molar-refractivity contribution in [2.24, 2.45) is 0 Å². The number of nitrogens with two attached hydrogens (primary N) is 1. The fourth-order valence-corrected chi connectivity index (χ4v) is 19.4. The van der Waals surface area contributed by atoms with Crippen molar-refractivity contribution in [3.05, 3.63) is 225 Å². The number of aromatic nitrogens is 9. The summed E-state index contributed by atoms with van der Waals surface area (Å²) >= 11 is 13.6. The number of amides is 3. The Labute approximate surface area is 793 Å². The van der Waals surface area contributed by atoms with Crippen LogP contribution in [-0.4, -0.2) is 207 Å². The lowest BCUT2D eigenvalue weighted by Crippen LogP contribution is -2.46. The normalized spacial score (nSPS) is 15.3. The van der Waals surface area contributed by atoms with Crippen LogP contribution in [0.5, 0.6) is 0 Å². The Balaban J connectivity index is 0.000000145. The number of hydroxylamine groups is 2. The van der Waals surface area contributed by atoms with Gasteiger partial charge in [-0.05, 0) is 167 Å². The minimum Gasteiger partial charge on any atom is -0.478 e. The van der Waals surface area contributed by atoms with Crippen LogP contribution in [0, 0.1) is 0 Å². The minimum absolute atomic E-state index is 0.0103. The van der Waals surface area contributed by atoms with Crippen LogP contribution in [0.2, 0.25) is 0 Å². The Bertz CT molecular complexity index is 6260. The van der Waals surface area contributed by atoms with Crippen molar-refractivity contribution in [1.82, 2.24) is 58.9 Å². The molecule has 14 aromatic rings. The van der Waals surface area contributed by atoms with Gasteiger partial charge >= 0.3 is 25.0 Å². The highest BCUT2D eigenvalue weighted by atomic mass is 79.9. The molecule has 29 nitrogen and oxygen atoms in total. The van der Waals surface area contributed by atoms with Crippen molar-refractivity contribution in [3.8, 4) is 32.4 Å². The fourth-order valence-electron chi connectivity index (χ4n) is 15.9. The number of morpholine rings is 2. The van der Waals surface area contributed by atoms with Gasteiger partial charge in [0.2, 0.25) is 11.8 Å². The van der Waals surface area contributed by atoms with E-state index < -0.39 is 36.2 Å². The van der Waals surface area contributed by atoms with Crippen LogP contribution in [0.3, 0.4) is 0 Å². The van der Waals surface area contributed by atoms with Gasteiger partial charge in [0, 0.05) is 106 Å². The van der Waals surface area contributed by atoms with Gasteiger partial charge in [-0.2, -0.15) is 0 Å². The Morgan fingerprint density at radius 1 is 0.534 bits per heavy atom. The summed E-state index contributed by atoms with van der Waals surface area (Å²) < 4.78 is 30.0. The van der Waals surface area contributed by atoms with E-state index in [4.69, 9.17) is 39.4 Å². The third-order valence-electron chi connectivity index (χ3n) is 23.3. The molecule has 0 radical (unpaired) electrons. The first-order chi connectivity index (χ1) is 63.1. The number of benzene rings is 5. The molecule has 37 heteroatoms. The number of halogens is 2. The van der Waals surface area contributed by atoms with Crippen molar-refractivity contribution >= 4 is 198 Å². The average Bonchev–Trinajstić information content (AvgIpc) is 1.58. The van der Waals surface area contributed by atoms with Crippen LogP contribution < -0.4 is 11.3 Å². The van der Waals surface area contributed by atoms with Gasteiger partial charge in [0.25, 0.3) is 5.91 Å². The summed E-state index contributed by atoms with van der Waals surface area (Å²) in [7, 11) is 2.35. The van der Waals surface area contributed by atoms with E-state index in [1.54, 1.807) is 89.4 Å². The second-order valence-electron chi connectivity index (χ2n) is 32.3. The number of Topliss-reactive ketones (excluding diaryl/α,β-unsaturated/α-hetero) is 1. The number of carboxylic acid groups (broad SMARTS) is 3. The van der Waals surface area contributed by atoms with Crippen LogP contribution in [0.4, 0.5) is 5.69 Å². The number of aldehydes is 1. The van der Waals surface area contributed by atoms with Crippen molar-refractivity contribution in [2.45, 2.75) is 135 Å². The molecule has 3 amide bonds. The number of ketones is 1. The number of ether oxygens (including phenoxy) is 2. The van der Waals surface area contributed by atoms with Gasteiger partial charge in [-0.25, -0.2) is 29.4 Å². The Morgan fingerprint density at radius 3 is 1.44 bits per heavy atom. The molecule has 0 spiro atoms. The summed E-state index contributed by atoms with van der Waals surface area (Å²) in [6.45, 7) is 14.2. The molecule has 5 aliphatic rings. The number of fused-ring (bicyclic) bond motifs is 4. The summed E-state index contributed by atoms with van der Waals surface area (Å²) in [5.74, 6) is -2.29. The smallest absolute Gasteiger partial charge is 0.478 e. The summed E-state index contributed by atoms with van der Waals surface area (Å²) in [5.41, 5.74) is 24.8. The first-order valence-corrected chi connectivity index (χ1v) is 48.4. The molecule has 5 fully saturated rings. The topological polar surface area (TPSA) is 379 Å². The highest BCUT2D eigenvalue weighted by Gasteiger charge is 2.54. The molecule has 3 aliphatic heterocycles. The van der Waals surface area contributed by atoms with Crippen molar-refractivity contribution in [3.63, 3.8) is 0 Å². The maximum Gasteiger partial charge on any atom is 0.512 e. The van der Waals surface area contributed by atoms with Gasteiger partial charge in [0.1, 0.15) is 22.8 Å². The Kier molecular flexibility index (Phi) is 33.8. The van der Waals surface area contributed by atoms with E-state index in [0.717, 1.165) is 162 Å². The SMILES string of the molecule is Brc1ccc2nc(-c3cncs3)ccc2c1.CC(=O)c1cncs1.CC1(C)OB(c2c(C3CCCCC3)c3ccc(C(=O)O)cc3n2CC(=O)N2CCOCC2)OC1(C)C.CON(C)C(=O)c1cncs1.Nc1ccc(Br)cc1C=O.O=C(O)c1ccc2c(C3CCCCC3)c(-c3ccc4nc(-c5cncs5)ccc4c3)n(CC(=O)N3CCOCC3)c2c1.O=C(O)c1cncs1. The molecule has 0 bridgehead atoms. The van der Waals surface area contributed by atoms with Crippen LogP contribution in [0.1, 0.15) is 182 Å². The van der Waals surface area contributed by atoms with Gasteiger partial charge in [0.05, 0.1) is 150 Å². The first kappa shape index (κ1) is 97.5. The zero-order valence-corrected chi connectivity index (χ0v) is 80.3. The van der Waals surface area contributed by atoms with E-state index in [9.17, 15) is 48.6 Å². The second kappa shape index (κ2) is 45.4. The molecular formula is C94H98BBr2N13O16S5. The molecule has 12 heterocycles. The van der Waals surface area contributed by atoms with Crippen LogP contribution in [0.25, 0.3) is 76.0 Å². The number of hydrogen-bond donors (Lipinski definition) is 4. The fraction of sp³-hybridized carbons (Fsp3) is 0.330. The predicted molar refractivity (Wildman–Crippen MR) is 519 cm³/mol. The zero-order chi connectivity index (χ0) is 93.0. The lowest BCUT2D eigenvalue weighted by atomic mass is 9.74. The number of carbonyl (C=O) groups excluding carboxylic acids is 5. The van der Waals surface area contributed by atoms with Crippen LogP contribution in [-0.2, 0) is 46.3 Å². The standard InChI is InChI=1S/C33H32N4O4S.C27H37BN2O6.C12H7BrN2S.C7H6BrNO.C6H8N2O2S.C5H5NOS.C4H3NO2S/c38-30(36-12-14-41-15-13-36)19-37-28-17-24(33(39)40)6-9-25(28)31(21-4-2-1-3-5-21)32(37)23-8-10-26-22(16-23)7-11-27(35-26)29-18-34-20-42-29;1-26(2)27(3,4)36-28(35-26)24-23(18-8-6-5-7-9-18)20-11-10-19(25(32)33)16-21(20)30(24)17-22(31)29-12-14-34-15-13-29;13-9-2-4-10-8(5-9)1-3-11(15-10)12-6-14-7-16-12;8-6-1-2-7(9)5(3-6)4-10;1-8(10-2)6(9)5-3-7-4-11-5;1-4(7)5-2-6-3-8-5;6-4(7)3-1-5-2-8-3/h6-11,16-18,20-21H,1-5,12-15,19H2,(H,39,40);10-11,16,18H,5-9,12-15,17H2,1-4H3,(H,32,33);1-7H;1-4H,9H2;3-4H,1-2H3;2-3H,1H3;1-2H,(H,6,7). The van der Waals surface area contributed by atoms with Crippen LogP contribution >= 0.6 is 88.5 Å². The molecular weight excluding hydrogens is 1900 g/mol.